The summed E-state index contributed by atoms with van der Waals surface area (Å²) < 4.78 is 0. The first-order chi connectivity index (χ1) is 9.02. The van der Waals surface area contributed by atoms with Gasteiger partial charge in [0, 0.05) is 13.1 Å². The Bertz CT molecular complexity index is 494. The van der Waals surface area contributed by atoms with Crippen LogP contribution >= 0.6 is 0 Å². The number of rotatable bonds is 2. The van der Waals surface area contributed by atoms with Crippen LogP contribution in [0.1, 0.15) is 49.3 Å². The van der Waals surface area contributed by atoms with E-state index in [4.69, 9.17) is 0 Å². The second-order valence-electron chi connectivity index (χ2n) is 5.71. The Morgan fingerprint density at radius 3 is 2.47 bits per heavy atom. The van der Waals surface area contributed by atoms with Crippen molar-refractivity contribution < 1.29 is 5.11 Å². The van der Waals surface area contributed by atoms with Crippen LogP contribution < -0.4 is 4.90 Å². The third-order valence-electron chi connectivity index (χ3n) is 3.93. The van der Waals surface area contributed by atoms with E-state index in [0.29, 0.717) is 5.92 Å². The van der Waals surface area contributed by atoms with Crippen molar-refractivity contribution in [1.29, 1.82) is 5.26 Å². The maximum Gasteiger partial charge on any atom is 0.101 e. The van der Waals surface area contributed by atoms with E-state index in [0.717, 1.165) is 37.2 Å². The highest BCUT2D eigenvalue weighted by molar-refractivity contribution is 5.63. The summed E-state index contributed by atoms with van der Waals surface area (Å²) in [6.07, 6.45) is 1.39. The Hall–Kier alpha value is -1.53. The van der Waals surface area contributed by atoms with Crippen molar-refractivity contribution in [2.75, 3.05) is 18.0 Å². The minimum Gasteiger partial charge on any atom is -0.393 e. The fraction of sp³-hybridized carbons (Fsp3) is 0.562. The lowest BCUT2D eigenvalue weighted by atomic mass is 9.94. The average Bonchev–Trinajstić information content (AvgIpc) is 2.39. The highest BCUT2D eigenvalue weighted by Gasteiger charge is 2.20. The number of aliphatic hydroxyl groups is 1. The van der Waals surface area contributed by atoms with Crippen LogP contribution in [0.3, 0.4) is 0 Å². The van der Waals surface area contributed by atoms with Crippen LogP contribution in [0.5, 0.6) is 0 Å². The first kappa shape index (κ1) is 13.9. The van der Waals surface area contributed by atoms with Crippen LogP contribution in [0, 0.1) is 18.3 Å². The smallest absolute Gasteiger partial charge is 0.101 e. The molecule has 0 aliphatic carbocycles. The zero-order valence-electron chi connectivity index (χ0n) is 12.0. The molecule has 1 heterocycles. The number of benzene rings is 1. The molecular formula is C16H22N2O. The second-order valence-corrected chi connectivity index (χ2v) is 5.71. The van der Waals surface area contributed by atoms with Gasteiger partial charge < -0.3 is 10.0 Å². The fourth-order valence-electron chi connectivity index (χ4n) is 2.79. The Balaban J connectivity index is 2.35. The maximum atomic E-state index is 9.58. The summed E-state index contributed by atoms with van der Waals surface area (Å²) in [5.74, 6) is 0.435. The van der Waals surface area contributed by atoms with Gasteiger partial charge >= 0.3 is 0 Å². The molecule has 3 nitrogen and oxygen atoms in total. The average molecular weight is 258 g/mol. The molecule has 0 aromatic heterocycles. The number of aliphatic hydroxyl groups excluding tert-OH is 1. The zero-order valence-corrected chi connectivity index (χ0v) is 12.0. The molecule has 0 amide bonds. The molecule has 3 heteroatoms. The van der Waals surface area contributed by atoms with Crippen molar-refractivity contribution in [2.24, 2.45) is 0 Å². The normalized spacial score (nSPS) is 16.7. The number of anilines is 1. The van der Waals surface area contributed by atoms with Crippen LogP contribution in [-0.2, 0) is 0 Å². The number of nitrogens with zero attached hydrogens (tertiary/aromatic N) is 2. The van der Waals surface area contributed by atoms with E-state index < -0.39 is 0 Å². The van der Waals surface area contributed by atoms with Gasteiger partial charge in [0.05, 0.1) is 17.4 Å². The van der Waals surface area contributed by atoms with Crippen molar-refractivity contribution >= 4 is 5.69 Å². The zero-order chi connectivity index (χ0) is 14.0. The molecule has 1 saturated heterocycles. The van der Waals surface area contributed by atoms with Gasteiger partial charge in [-0.05, 0) is 48.9 Å². The summed E-state index contributed by atoms with van der Waals surface area (Å²) in [5.41, 5.74) is 4.27. The van der Waals surface area contributed by atoms with Crippen molar-refractivity contribution in [2.45, 2.75) is 45.6 Å². The highest BCUT2D eigenvalue weighted by Crippen LogP contribution is 2.30. The maximum absolute atomic E-state index is 9.58. The first-order valence-corrected chi connectivity index (χ1v) is 7.00. The summed E-state index contributed by atoms with van der Waals surface area (Å²) in [6.45, 7) is 8.08. The Morgan fingerprint density at radius 2 is 1.95 bits per heavy atom. The van der Waals surface area contributed by atoms with Gasteiger partial charge in [0.2, 0.25) is 0 Å². The summed E-state index contributed by atoms with van der Waals surface area (Å²) in [5, 5.41) is 19.0. The molecule has 1 N–H and O–H groups in total. The predicted octanol–water partition coefficient (Wildman–Crippen LogP) is 2.95. The molecule has 1 aromatic carbocycles. The summed E-state index contributed by atoms with van der Waals surface area (Å²) in [4.78, 5) is 2.22. The number of nitriles is 1. The molecule has 0 radical (unpaired) electrons. The molecule has 102 valence electrons. The van der Waals surface area contributed by atoms with Gasteiger partial charge in [0.1, 0.15) is 6.07 Å². The topological polar surface area (TPSA) is 47.3 Å². The van der Waals surface area contributed by atoms with Crippen LogP contribution in [0.4, 0.5) is 5.69 Å². The van der Waals surface area contributed by atoms with E-state index in [1.807, 2.05) is 6.07 Å². The molecule has 1 aromatic rings. The minimum atomic E-state index is -0.183. The van der Waals surface area contributed by atoms with Crippen LogP contribution in [0.2, 0.25) is 0 Å². The third-order valence-corrected chi connectivity index (χ3v) is 3.93. The standard InChI is InChI=1S/C16H22N2O/c1-11(2)15-9-13(10-17)16(8-12(15)3)18-6-4-14(19)5-7-18/h8-9,11,14,19H,4-7H2,1-3H3. The lowest BCUT2D eigenvalue weighted by molar-refractivity contribution is 0.145. The van der Waals surface area contributed by atoms with Crippen molar-refractivity contribution in [3.8, 4) is 6.07 Å². The van der Waals surface area contributed by atoms with Gasteiger partial charge in [0.15, 0.2) is 0 Å². The molecule has 0 atom stereocenters. The molecule has 1 fully saturated rings. The van der Waals surface area contributed by atoms with Gasteiger partial charge in [-0.1, -0.05) is 13.8 Å². The largest absolute Gasteiger partial charge is 0.393 e. The first-order valence-electron chi connectivity index (χ1n) is 7.00. The molecule has 1 aliphatic rings. The lowest BCUT2D eigenvalue weighted by Gasteiger charge is -2.32. The molecule has 0 unspecified atom stereocenters. The van der Waals surface area contributed by atoms with Gasteiger partial charge in [-0.2, -0.15) is 5.26 Å². The van der Waals surface area contributed by atoms with E-state index in [-0.39, 0.29) is 6.10 Å². The Labute approximate surface area is 115 Å². The summed E-state index contributed by atoms with van der Waals surface area (Å²) in [7, 11) is 0. The minimum absolute atomic E-state index is 0.183. The lowest BCUT2D eigenvalue weighted by Crippen LogP contribution is -2.36. The van der Waals surface area contributed by atoms with E-state index >= 15 is 0 Å². The van der Waals surface area contributed by atoms with Gasteiger partial charge in [0.25, 0.3) is 0 Å². The van der Waals surface area contributed by atoms with E-state index in [1.165, 1.54) is 11.1 Å². The number of hydrogen-bond donors (Lipinski definition) is 1. The van der Waals surface area contributed by atoms with E-state index in [9.17, 15) is 10.4 Å². The molecule has 0 saturated carbocycles. The number of aryl methyl sites for hydroxylation is 1. The fourth-order valence-corrected chi connectivity index (χ4v) is 2.79. The number of hydrogen-bond acceptors (Lipinski definition) is 3. The molecule has 1 aliphatic heterocycles. The van der Waals surface area contributed by atoms with Crippen LogP contribution in [0.25, 0.3) is 0 Å². The van der Waals surface area contributed by atoms with E-state index in [2.05, 4.69) is 37.8 Å². The summed E-state index contributed by atoms with van der Waals surface area (Å²) >= 11 is 0. The molecule has 0 spiro atoms. The quantitative estimate of drug-likeness (QED) is 0.887. The Kier molecular flexibility index (Phi) is 4.11. The van der Waals surface area contributed by atoms with Crippen molar-refractivity contribution in [1.82, 2.24) is 0 Å². The molecule has 0 bridgehead atoms. The van der Waals surface area contributed by atoms with E-state index in [1.54, 1.807) is 0 Å². The molecule has 19 heavy (non-hydrogen) atoms. The van der Waals surface area contributed by atoms with Gasteiger partial charge in [-0.25, -0.2) is 0 Å². The summed E-state index contributed by atoms with van der Waals surface area (Å²) in [6, 6.07) is 6.48. The van der Waals surface area contributed by atoms with Crippen molar-refractivity contribution in [3.05, 3.63) is 28.8 Å². The van der Waals surface area contributed by atoms with Gasteiger partial charge in [-0.3, -0.25) is 0 Å². The van der Waals surface area contributed by atoms with Gasteiger partial charge in [-0.15, -0.1) is 0 Å². The SMILES string of the molecule is Cc1cc(N2CCC(O)CC2)c(C#N)cc1C(C)C. The van der Waals surface area contributed by atoms with Crippen LogP contribution in [0.15, 0.2) is 12.1 Å². The van der Waals surface area contributed by atoms with Crippen LogP contribution in [-0.4, -0.2) is 24.3 Å². The second kappa shape index (κ2) is 5.63. The number of piperidine rings is 1. The predicted molar refractivity (Wildman–Crippen MR) is 77.4 cm³/mol. The Morgan fingerprint density at radius 1 is 1.32 bits per heavy atom. The molecular weight excluding hydrogens is 236 g/mol. The van der Waals surface area contributed by atoms with Crippen molar-refractivity contribution in [3.63, 3.8) is 0 Å². The monoisotopic (exact) mass is 258 g/mol. The highest BCUT2D eigenvalue weighted by atomic mass is 16.3. The third kappa shape index (κ3) is 2.90. The molecule has 2 rings (SSSR count).